The molecule has 0 N–H and O–H groups in total. The van der Waals surface area contributed by atoms with E-state index in [1.807, 2.05) is 57.3 Å². The molecule has 116 valence electrons. The summed E-state index contributed by atoms with van der Waals surface area (Å²) < 4.78 is 6.27. The quantitative estimate of drug-likeness (QED) is 0.799. The van der Waals surface area contributed by atoms with Gasteiger partial charge in [0.05, 0.1) is 0 Å². The summed E-state index contributed by atoms with van der Waals surface area (Å²) in [6.07, 6.45) is 0. The number of hydrogen-bond acceptors (Lipinski definition) is 2. The predicted octanol–water partition coefficient (Wildman–Crippen LogP) is 3.92. The van der Waals surface area contributed by atoms with Crippen LogP contribution < -0.4 is 9.64 Å². The minimum absolute atomic E-state index is 0.0550. The molecule has 1 amide bonds. The fraction of sp³-hybridized carbons (Fsp3) is 0.250. The lowest BCUT2D eigenvalue weighted by molar-refractivity contribution is -0.121. The van der Waals surface area contributed by atoms with Gasteiger partial charge in [-0.25, -0.2) is 0 Å². The average Bonchev–Trinajstić information content (AvgIpc) is 2.94. The molecule has 0 fully saturated rings. The topological polar surface area (TPSA) is 29.5 Å². The Morgan fingerprint density at radius 3 is 2.74 bits per heavy atom. The number of fused-ring (bicyclic) bond motifs is 2. The number of hydrogen-bond donors (Lipinski definition) is 0. The number of nitrogens with zero attached hydrogens (tertiary/aromatic N) is 1. The molecule has 2 aromatic carbocycles. The van der Waals surface area contributed by atoms with Gasteiger partial charge in [0, 0.05) is 23.9 Å². The molecule has 0 bridgehead atoms. The molecule has 0 saturated heterocycles. The number of para-hydroxylation sites is 1. The van der Waals surface area contributed by atoms with Gasteiger partial charge in [-0.1, -0.05) is 36.4 Å². The highest BCUT2D eigenvalue weighted by Gasteiger charge is 2.53. The lowest BCUT2D eigenvalue weighted by Gasteiger charge is -2.31. The third-order valence-corrected chi connectivity index (χ3v) is 5.12. The van der Waals surface area contributed by atoms with Crippen molar-refractivity contribution in [1.29, 1.82) is 0 Å². The monoisotopic (exact) mass is 305 g/mol. The number of amides is 1. The smallest absolute Gasteiger partial charge is 0.238 e. The zero-order valence-electron chi connectivity index (χ0n) is 13.6. The second kappa shape index (κ2) is 4.48. The van der Waals surface area contributed by atoms with Crippen LogP contribution in [0.15, 0.2) is 49.0 Å². The van der Waals surface area contributed by atoms with Crippen molar-refractivity contribution in [3.63, 3.8) is 0 Å². The van der Waals surface area contributed by atoms with Crippen LogP contribution in [0.5, 0.6) is 5.75 Å². The molecule has 0 spiro atoms. The van der Waals surface area contributed by atoms with E-state index in [1.54, 1.807) is 4.90 Å². The molecule has 2 aliphatic heterocycles. The molecule has 23 heavy (non-hydrogen) atoms. The number of carbonyl (C=O) groups is 1. The Kier molecular flexibility index (Phi) is 2.74. The Morgan fingerprint density at radius 2 is 1.96 bits per heavy atom. The van der Waals surface area contributed by atoms with Gasteiger partial charge in [-0.15, -0.1) is 0 Å². The Hall–Kier alpha value is -2.55. The summed E-state index contributed by atoms with van der Waals surface area (Å²) in [6.45, 7) is 8.30. The maximum Gasteiger partial charge on any atom is 0.238 e. The van der Waals surface area contributed by atoms with Crippen LogP contribution in [0.25, 0.3) is 5.57 Å². The van der Waals surface area contributed by atoms with Gasteiger partial charge < -0.3 is 9.64 Å². The van der Waals surface area contributed by atoms with Crippen LogP contribution in [0.4, 0.5) is 5.69 Å². The number of aryl methyl sites for hydroxylation is 1. The van der Waals surface area contributed by atoms with Gasteiger partial charge in [0.25, 0.3) is 0 Å². The standard InChI is InChI=1S/C20H19NO2/c1-12-9-10-17-15(11-12)13(2)20(3,23-17)18-14-7-5-6-8-16(14)21(4)19(18)22/h5-11,18H,2H2,1,3-4H3/t18-,20-/m1/s1. The van der Waals surface area contributed by atoms with E-state index in [9.17, 15) is 4.79 Å². The van der Waals surface area contributed by atoms with Crippen molar-refractivity contribution in [3.05, 3.63) is 65.7 Å². The number of benzene rings is 2. The molecular weight excluding hydrogens is 286 g/mol. The summed E-state index contributed by atoms with van der Waals surface area (Å²) >= 11 is 0. The van der Waals surface area contributed by atoms with E-state index in [-0.39, 0.29) is 11.8 Å². The van der Waals surface area contributed by atoms with E-state index in [2.05, 4.69) is 12.6 Å². The van der Waals surface area contributed by atoms with Gasteiger partial charge in [-0.2, -0.15) is 0 Å². The van der Waals surface area contributed by atoms with Gasteiger partial charge in [0.2, 0.25) is 5.91 Å². The van der Waals surface area contributed by atoms with Crippen molar-refractivity contribution in [3.8, 4) is 5.75 Å². The highest BCUT2D eigenvalue weighted by atomic mass is 16.5. The van der Waals surface area contributed by atoms with Crippen molar-refractivity contribution in [1.82, 2.24) is 0 Å². The van der Waals surface area contributed by atoms with E-state index in [0.717, 1.165) is 33.7 Å². The SMILES string of the molecule is C=C1c2cc(C)ccc2O[C@@]1(C)[C@H]1C(=O)N(C)c2ccccc21. The number of rotatable bonds is 1. The van der Waals surface area contributed by atoms with Gasteiger partial charge >= 0.3 is 0 Å². The first-order valence-electron chi connectivity index (χ1n) is 7.79. The number of likely N-dealkylation sites (N-methyl/N-ethyl adjacent to an activating group) is 1. The van der Waals surface area contributed by atoms with Crippen molar-refractivity contribution >= 4 is 17.2 Å². The van der Waals surface area contributed by atoms with E-state index in [1.165, 1.54) is 0 Å². The van der Waals surface area contributed by atoms with Gasteiger partial charge in [0.1, 0.15) is 17.3 Å². The second-order valence-electron chi connectivity index (χ2n) is 6.58. The zero-order valence-corrected chi connectivity index (χ0v) is 13.6. The van der Waals surface area contributed by atoms with Crippen LogP contribution in [-0.4, -0.2) is 18.6 Å². The molecule has 2 aromatic rings. The number of carbonyl (C=O) groups excluding carboxylic acids is 1. The van der Waals surface area contributed by atoms with Gasteiger partial charge in [-0.3, -0.25) is 4.79 Å². The van der Waals surface area contributed by atoms with Gasteiger partial charge in [0.15, 0.2) is 0 Å². The molecule has 2 aliphatic rings. The van der Waals surface area contributed by atoms with Crippen LogP contribution in [0.2, 0.25) is 0 Å². The number of ether oxygens (including phenoxy) is 1. The lowest BCUT2D eigenvalue weighted by atomic mass is 9.78. The first kappa shape index (κ1) is 14.1. The molecule has 2 atom stereocenters. The third kappa shape index (κ3) is 1.73. The van der Waals surface area contributed by atoms with E-state index >= 15 is 0 Å². The largest absolute Gasteiger partial charge is 0.481 e. The molecule has 2 heterocycles. The number of anilines is 1. The van der Waals surface area contributed by atoms with Crippen molar-refractivity contribution in [2.24, 2.45) is 0 Å². The summed E-state index contributed by atoms with van der Waals surface area (Å²) in [5.74, 6) is 0.492. The molecular formula is C20H19NO2. The molecule has 0 aliphatic carbocycles. The highest BCUT2D eigenvalue weighted by molar-refractivity contribution is 6.07. The maximum absolute atomic E-state index is 12.9. The predicted molar refractivity (Wildman–Crippen MR) is 91.8 cm³/mol. The summed E-state index contributed by atoms with van der Waals surface area (Å²) in [4.78, 5) is 14.6. The van der Waals surface area contributed by atoms with E-state index < -0.39 is 5.60 Å². The summed E-state index contributed by atoms with van der Waals surface area (Å²) in [5.41, 5.74) is 4.24. The molecule has 3 nitrogen and oxygen atoms in total. The molecule has 0 unspecified atom stereocenters. The fourth-order valence-corrected chi connectivity index (χ4v) is 3.77. The van der Waals surface area contributed by atoms with E-state index in [4.69, 9.17) is 4.74 Å². The first-order valence-corrected chi connectivity index (χ1v) is 7.79. The van der Waals surface area contributed by atoms with Crippen LogP contribution >= 0.6 is 0 Å². The highest BCUT2D eigenvalue weighted by Crippen LogP contribution is 2.53. The van der Waals surface area contributed by atoms with E-state index in [0.29, 0.717) is 0 Å². The maximum atomic E-state index is 12.9. The minimum Gasteiger partial charge on any atom is -0.481 e. The molecule has 4 rings (SSSR count). The summed E-state index contributed by atoms with van der Waals surface area (Å²) in [6, 6.07) is 14.0. The summed E-state index contributed by atoms with van der Waals surface area (Å²) in [7, 11) is 1.82. The first-order chi connectivity index (χ1) is 10.9. The Bertz CT molecular complexity index is 854. The average molecular weight is 305 g/mol. The van der Waals surface area contributed by atoms with Gasteiger partial charge in [-0.05, 0) is 37.6 Å². The molecule has 3 heteroatoms. The normalized spacial score (nSPS) is 25.3. The Labute approximate surface area is 136 Å². The molecule has 0 saturated carbocycles. The lowest BCUT2D eigenvalue weighted by Crippen LogP contribution is -2.42. The van der Waals surface area contributed by atoms with Crippen LogP contribution in [0, 0.1) is 6.92 Å². The molecule has 0 aromatic heterocycles. The van der Waals surface area contributed by atoms with Crippen LogP contribution in [0.3, 0.4) is 0 Å². The second-order valence-corrected chi connectivity index (χ2v) is 6.58. The van der Waals surface area contributed by atoms with Crippen molar-refractivity contribution in [2.75, 3.05) is 11.9 Å². The minimum atomic E-state index is -0.756. The van der Waals surface area contributed by atoms with Crippen LogP contribution in [0.1, 0.15) is 29.5 Å². The third-order valence-electron chi connectivity index (χ3n) is 5.12. The van der Waals surface area contributed by atoms with Crippen molar-refractivity contribution in [2.45, 2.75) is 25.4 Å². The van der Waals surface area contributed by atoms with Crippen LogP contribution in [-0.2, 0) is 4.79 Å². The Balaban J connectivity index is 1.86. The Morgan fingerprint density at radius 1 is 1.22 bits per heavy atom. The summed E-state index contributed by atoms with van der Waals surface area (Å²) in [5, 5.41) is 0. The fourth-order valence-electron chi connectivity index (χ4n) is 3.77. The molecule has 0 radical (unpaired) electrons. The van der Waals surface area contributed by atoms with Crippen molar-refractivity contribution < 1.29 is 9.53 Å². The zero-order chi connectivity index (χ0) is 16.4.